The molecular formula is C23H22ClN11O3. The Kier molecular flexibility index (Phi) is 7.27. The number of carbonyl (C=O) groups excluding carboxylic acids is 1. The van der Waals surface area contributed by atoms with E-state index in [0.717, 1.165) is 12.8 Å². The Bertz CT molecular complexity index is 1460. The highest BCUT2D eigenvalue weighted by Crippen LogP contribution is 2.28. The molecule has 0 atom stereocenters. The Morgan fingerprint density at radius 1 is 1.16 bits per heavy atom. The lowest BCUT2D eigenvalue weighted by Gasteiger charge is -2.28. The smallest absolute Gasteiger partial charge is 0.411 e. The Hall–Kier alpha value is -4.77. The van der Waals surface area contributed by atoms with E-state index in [1.54, 1.807) is 18.6 Å². The van der Waals surface area contributed by atoms with Crippen LogP contribution in [-0.2, 0) is 4.74 Å². The van der Waals surface area contributed by atoms with Crippen molar-refractivity contribution in [2.45, 2.75) is 37.8 Å². The van der Waals surface area contributed by atoms with E-state index >= 15 is 0 Å². The highest BCUT2D eigenvalue weighted by molar-refractivity contribution is 6.32. The van der Waals surface area contributed by atoms with Crippen molar-refractivity contribution in [1.29, 1.82) is 5.26 Å². The van der Waals surface area contributed by atoms with E-state index in [-0.39, 0.29) is 23.7 Å². The summed E-state index contributed by atoms with van der Waals surface area (Å²) in [4.78, 5) is 29.2. The number of nitriles is 1. The van der Waals surface area contributed by atoms with E-state index < -0.39 is 6.09 Å². The van der Waals surface area contributed by atoms with Gasteiger partial charge in [0.2, 0.25) is 5.95 Å². The third-order valence-corrected chi connectivity index (χ3v) is 6.19. The summed E-state index contributed by atoms with van der Waals surface area (Å²) in [5.74, 6) is 0.374. The van der Waals surface area contributed by atoms with Crippen LogP contribution in [0.5, 0.6) is 6.01 Å². The molecule has 1 amide bonds. The number of hydrogen-bond donors (Lipinski definition) is 3. The first kappa shape index (κ1) is 24.9. The molecule has 0 aromatic carbocycles. The quantitative estimate of drug-likeness (QED) is 0.315. The predicted octanol–water partition coefficient (Wildman–Crippen LogP) is 3.35. The van der Waals surface area contributed by atoms with Gasteiger partial charge in [0.25, 0.3) is 0 Å². The zero-order valence-corrected chi connectivity index (χ0v) is 20.9. The van der Waals surface area contributed by atoms with E-state index in [1.165, 1.54) is 30.4 Å². The first-order valence-corrected chi connectivity index (χ1v) is 12.0. The normalized spacial score (nSPS) is 16.9. The van der Waals surface area contributed by atoms with Crippen LogP contribution in [0.2, 0.25) is 5.02 Å². The summed E-state index contributed by atoms with van der Waals surface area (Å²) in [5.41, 5.74) is 2.11. The van der Waals surface area contributed by atoms with Crippen LogP contribution in [0.25, 0.3) is 17.1 Å². The average molecular weight is 536 g/mol. The number of carbonyl (C=O) groups is 1. The van der Waals surface area contributed by atoms with Crippen LogP contribution in [0.15, 0.2) is 37.2 Å². The van der Waals surface area contributed by atoms with Gasteiger partial charge in [-0.15, -0.1) is 0 Å². The number of ether oxygens (including phenoxy) is 2. The van der Waals surface area contributed by atoms with Gasteiger partial charge in [0, 0.05) is 12.2 Å². The number of halogens is 1. The molecule has 1 aliphatic carbocycles. The van der Waals surface area contributed by atoms with E-state index in [1.807, 2.05) is 0 Å². The van der Waals surface area contributed by atoms with Gasteiger partial charge < -0.3 is 14.8 Å². The summed E-state index contributed by atoms with van der Waals surface area (Å²) in [7, 11) is 1.48. The largest absolute Gasteiger partial charge is 0.467 e. The Balaban J connectivity index is 1.12. The maximum atomic E-state index is 12.4. The van der Waals surface area contributed by atoms with Gasteiger partial charge in [-0.25, -0.2) is 29.4 Å². The third kappa shape index (κ3) is 5.62. The molecule has 0 unspecified atom stereocenters. The standard InChI is InChI=1S/C23H22ClN11O3/c1-37-22-27-9-16(10-28-22)35-12-15(8-30-35)32-23(36)38-17-4-2-14(3-5-17)31-21-26-7-13(6-25)19(33-21)20-18(24)11-29-34-20/h7-12,14,17H,2-5H2,1H3,(H,29,34)(H,32,36)(H,26,31,33)/t14-,17-. The van der Waals surface area contributed by atoms with Crippen LogP contribution in [0.4, 0.5) is 16.4 Å². The lowest BCUT2D eigenvalue weighted by molar-refractivity contribution is 0.0840. The van der Waals surface area contributed by atoms with Gasteiger partial charge in [-0.05, 0) is 25.7 Å². The summed E-state index contributed by atoms with van der Waals surface area (Å²) < 4.78 is 12.1. The van der Waals surface area contributed by atoms with Crippen molar-refractivity contribution in [2.24, 2.45) is 0 Å². The molecule has 0 spiro atoms. The second-order valence-electron chi connectivity index (χ2n) is 8.40. The van der Waals surface area contributed by atoms with E-state index in [9.17, 15) is 10.1 Å². The highest BCUT2D eigenvalue weighted by atomic mass is 35.5. The second-order valence-corrected chi connectivity index (χ2v) is 8.81. The molecule has 0 saturated heterocycles. The van der Waals surface area contributed by atoms with E-state index in [2.05, 4.69) is 51.9 Å². The fraction of sp³-hybridized carbons (Fsp3) is 0.304. The minimum atomic E-state index is -0.553. The molecule has 3 N–H and O–H groups in total. The molecule has 1 aliphatic rings. The number of rotatable bonds is 7. The number of aromatic amines is 1. The molecule has 194 valence electrons. The summed E-state index contributed by atoms with van der Waals surface area (Å²) in [5, 5.41) is 26.7. The summed E-state index contributed by atoms with van der Waals surface area (Å²) in [6.45, 7) is 0. The van der Waals surface area contributed by atoms with Crippen molar-refractivity contribution in [3.05, 3.63) is 47.8 Å². The van der Waals surface area contributed by atoms with Crippen LogP contribution < -0.4 is 15.4 Å². The Labute approximate surface area is 221 Å². The fourth-order valence-corrected chi connectivity index (χ4v) is 4.20. The first-order valence-electron chi connectivity index (χ1n) is 11.6. The molecule has 15 heteroatoms. The van der Waals surface area contributed by atoms with E-state index in [0.29, 0.717) is 46.6 Å². The molecule has 38 heavy (non-hydrogen) atoms. The third-order valence-electron chi connectivity index (χ3n) is 5.90. The van der Waals surface area contributed by atoms with Gasteiger partial charge in [-0.2, -0.15) is 15.5 Å². The van der Waals surface area contributed by atoms with Gasteiger partial charge in [0.1, 0.15) is 29.2 Å². The fourth-order valence-electron chi connectivity index (χ4n) is 4.02. The number of nitrogens with zero attached hydrogens (tertiary/aromatic N) is 8. The van der Waals surface area contributed by atoms with Crippen molar-refractivity contribution in [2.75, 3.05) is 17.7 Å². The molecular weight excluding hydrogens is 514 g/mol. The van der Waals surface area contributed by atoms with Crippen LogP contribution in [0.3, 0.4) is 0 Å². The molecule has 14 nitrogen and oxygen atoms in total. The topological polar surface area (TPSA) is 181 Å². The Morgan fingerprint density at radius 2 is 1.95 bits per heavy atom. The van der Waals surface area contributed by atoms with Crippen molar-refractivity contribution in [1.82, 2.24) is 39.9 Å². The second kappa shape index (κ2) is 11.1. The van der Waals surface area contributed by atoms with Crippen molar-refractivity contribution >= 4 is 29.3 Å². The van der Waals surface area contributed by atoms with Crippen molar-refractivity contribution in [3.63, 3.8) is 0 Å². The number of methoxy groups -OCH3 is 1. The van der Waals surface area contributed by atoms with Gasteiger partial charge in [0.05, 0.1) is 54.4 Å². The Morgan fingerprint density at radius 3 is 2.63 bits per heavy atom. The number of H-pyrrole nitrogens is 1. The number of anilines is 2. The summed E-state index contributed by atoms with van der Waals surface area (Å²) >= 11 is 6.15. The number of nitrogens with one attached hydrogen (secondary N) is 3. The number of aromatic nitrogens is 8. The zero-order chi connectivity index (χ0) is 26.5. The lowest BCUT2D eigenvalue weighted by atomic mass is 9.93. The van der Waals surface area contributed by atoms with Gasteiger partial charge in [-0.1, -0.05) is 11.6 Å². The van der Waals surface area contributed by atoms with Gasteiger partial charge >= 0.3 is 12.1 Å². The summed E-state index contributed by atoms with van der Waals surface area (Å²) in [6.07, 6.45) is 11.3. The lowest BCUT2D eigenvalue weighted by Crippen LogP contribution is -2.32. The predicted molar refractivity (Wildman–Crippen MR) is 135 cm³/mol. The molecule has 4 aromatic heterocycles. The molecule has 4 heterocycles. The molecule has 4 aromatic rings. The van der Waals surface area contributed by atoms with Gasteiger partial charge in [-0.3, -0.25) is 10.4 Å². The minimum absolute atomic E-state index is 0.0818. The van der Waals surface area contributed by atoms with Gasteiger partial charge in [0.15, 0.2) is 0 Å². The highest BCUT2D eigenvalue weighted by Gasteiger charge is 2.25. The molecule has 1 saturated carbocycles. The van der Waals surface area contributed by atoms with Crippen molar-refractivity contribution < 1.29 is 14.3 Å². The molecule has 0 radical (unpaired) electrons. The molecule has 1 fully saturated rings. The zero-order valence-electron chi connectivity index (χ0n) is 20.1. The molecule has 0 bridgehead atoms. The van der Waals surface area contributed by atoms with Crippen molar-refractivity contribution in [3.8, 4) is 29.2 Å². The maximum Gasteiger partial charge on any atom is 0.411 e. The monoisotopic (exact) mass is 535 g/mol. The number of hydrogen-bond acceptors (Lipinski definition) is 11. The van der Waals surface area contributed by atoms with Crippen LogP contribution in [0, 0.1) is 11.3 Å². The molecule has 0 aliphatic heterocycles. The van der Waals surface area contributed by atoms with Crippen LogP contribution in [0.1, 0.15) is 31.2 Å². The first-order chi connectivity index (χ1) is 18.5. The number of amides is 1. The summed E-state index contributed by atoms with van der Waals surface area (Å²) in [6, 6.07) is 2.39. The van der Waals surface area contributed by atoms with Crippen LogP contribution >= 0.6 is 11.6 Å². The molecule has 5 rings (SSSR count). The SMILES string of the molecule is COc1ncc(-n2cc(NC(=O)O[C@H]3CC[C@H](Nc4ncc(C#N)c(-c5n[nH]cc5Cl)n4)CC3)cn2)cn1. The van der Waals surface area contributed by atoms with E-state index in [4.69, 9.17) is 21.1 Å². The average Bonchev–Trinajstić information content (AvgIpc) is 3.58. The van der Waals surface area contributed by atoms with Crippen LogP contribution in [-0.4, -0.2) is 65.3 Å². The maximum absolute atomic E-state index is 12.4. The minimum Gasteiger partial charge on any atom is -0.467 e.